The summed E-state index contributed by atoms with van der Waals surface area (Å²) in [5, 5.41) is 3.76. The number of benzene rings is 1. The highest BCUT2D eigenvalue weighted by Crippen LogP contribution is 2.44. The number of rotatable bonds is 0. The Balaban J connectivity index is 1.49. The van der Waals surface area contributed by atoms with E-state index in [9.17, 15) is 0 Å². The Hall–Kier alpha value is -1.26. The lowest BCUT2D eigenvalue weighted by Gasteiger charge is -2.49. The van der Waals surface area contributed by atoms with E-state index in [1.165, 1.54) is 50.0 Å². The Morgan fingerprint density at radius 2 is 2.00 bits per heavy atom. The van der Waals surface area contributed by atoms with Crippen molar-refractivity contribution in [3.8, 4) is 11.5 Å². The van der Waals surface area contributed by atoms with Crippen molar-refractivity contribution >= 4 is 0 Å². The molecule has 3 atom stereocenters. The maximum Gasteiger partial charge on any atom is 0.161 e. The van der Waals surface area contributed by atoms with Crippen LogP contribution in [0.25, 0.3) is 0 Å². The van der Waals surface area contributed by atoms with Crippen molar-refractivity contribution in [3.05, 3.63) is 23.3 Å². The lowest BCUT2D eigenvalue weighted by Crippen LogP contribution is -2.54. The first-order valence-corrected chi connectivity index (χ1v) is 8.78. The number of hydrogen-bond acceptors (Lipinski definition) is 4. The zero-order valence-electron chi connectivity index (χ0n) is 13.0. The Labute approximate surface area is 131 Å². The summed E-state index contributed by atoms with van der Waals surface area (Å²) in [6.45, 7) is 5.00. The average Bonchev–Trinajstić information content (AvgIpc) is 2.58. The van der Waals surface area contributed by atoms with E-state index in [0.29, 0.717) is 25.3 Å². The van der Waals surface area contributed by atoms with Gasteiger partial charge in [-0.05, 0) is 61.4 Å². The highest BCUT2D eigenvalue weighted by atomic mass is 16.6. The standard InChI is InChI=1S/C18H24N2O2/c1-2-13-11-20-5-3-12-8-17-18(22-7-6-21-17)9-14(12)16(20)10-15(13)19-4-1/h8-9,13,15-16,19H,1-7,10-11H2. The topological polar surface area (TPSA) is 33.7 Å². The highest BCUT2D eigenvalue weighted by Gasteiger charge is 2.40. The van der Waals surface area contributed by atoms with Gasteiger partial charge in [0, 0.05) is 25.2 Å². The van der Waals surface area contributed by atoms with Gasteiger partial charge >= 0.3 is 0 Å². The molecule has 4 heteroatoms. The lowest BCUT2D eigenvalue weighted by atomic mass is 9.77. The normalized spacial score (nSPS) is 33.5. The van der Waals surface area contributed by atoms with Gasteiger partial charge in [-0.1, -0.05) is 0 Å². The van der Waals surface area contributed by atoms with Crippen LogP contribution in [0.2, 0.25) is 0 Å². The summed E-state index contributed by atoms with van der Waals surface area (Å²) in [6.07, 6.45) is 5.13. The molecule has 118 valence electrons. The van der Waals surface area contributed by atoms with E-state index < -0.39 is 0 Å². The predicted molar refractivity (Wildman–Crippen MR) is 84.6 cm³/mol. The molecule has 4 aliphatic heterocycles. The molecule has 5 rings (SSSR count). The van der Waals surface area contributed by atoms with Crippen LogP contribution >= 0.6 is 0 Å². The van der Waals surface area contributed by atoms with Gasteiger partial charge in [0.1, 0.15) is 13.2 Å². The molecule has 1 aromatic rings. The number of fused-ring (bicyclic) bond motifs is 5. The second-order valence-corrected chi connectivity index (χ2v) is 7.15. The second-order valence-electron chi connectivity index (χ2n) is 7.15. The summed E-state index contributed by atoms with van der Waals surface area (Å²) in [6, 6.07) is 5.77. The Morgan fingerprint density at radius 1 is 1.14 bits per heavy atom. The van der Waals surface area contributed by atoms with Gasteiger partial charge in [-0.15, -0.1) is 0 Å². The quantitative estimate of drug-likeness (QED) is 0.796. The fourth-order valence-electron chi connectivity index (χ4n) is 4.84. The summed E-state index contributed by atoms with van der Waals surface area (Å²) in [7, 11) is 0. The molecule has 1 aromatic carbocycles. The van der Waals surface area contributed by atoms with Crippen LogP contribution in [0.1, 0.15) is 36.4 Å². The minimum Gasteiger partial charge on any atom is -0.486 e. The molecule has 4 aliphatic rings. The summed E-state index contributed by atoms with van der Waals surface area (Å²) in [5.74, 6) is 2.75. The molecule has 0 bridgehead atoms. The molecule has 0 radical (unpaired) electrons. The molecule has 4 nitrogen and oxygen atoms in total. The maximum absolute atomic E-state index is 5.82. The van der Waals surface area contributed by atoms with Crippen LogP contribution in [0.4, 0.5) is 0 Å². The van der Waals surface area contributed by atoms with Crippen molar-refractivity contribution < 1.29 is 9.47 Å². The van der Waals surface area contributed by atoms with Gasteiger partial charge in [-0.3, -0.25) is 4.90 Å². The third-order valence-corrected chi connectivity index (χ3v) is 5.95. The second kappa shape index (κ2) is 5.14. The molecule has 0 spiro atoms. The van der Waals surface area contributed by atoms with Crippen LogP contribution in [0.5, 0.6) is 11.5 Å². The van der Waals surface area contributed by atoms with Crippen molar-refractivity contribution in [1.29, 1.82) is 0 Å². The minimum absolute atomic E-state index is 0.562. The first kappa shape index (κ1) is 13.2. The van der Waals surface area contributed by atoms with E-state index in [4.69, 9.17) is 9.47 Å². The summed E-state index contributed by atoms with van der Waals surface area (Å²) in [5.41, 5.74) is 2.96. The van der Waals surface area contributed by atoms with Gasteiger partial charge in [-0.2, -0.15) is 0 Å². The van der Waals surface area contributed by atoms with E-state index in [2.05, 4.69) is 22.3 Å². The molecule has 2 fully saturated rings. The third-order valence-electron chi connectivity index (χ3n) is 5.95. The largest absolute Gasteiger partial charge is 0.486 e. The number of nitrogens with one attached hydrogen (secondary N) is 1. The Morgan fingerprint density at radius 3 is 2.91 bits per heavy atom. The van der Waals surface area contributed by atoms with Crippen LogP contribution in [0.3, 0.4) is 0 Å². The van der Waals surface area contributed by atoms with Crippen LogP contribution in [0, 0.1) is 5.92 Å². The summed E-state index contributed by atoms with van der Waals surface area (Å²) >= 11 is 0. The highest BCUT2D eigenvalue weighted by molar-refractivity contribution is 5.50. The van der Waals surface area contributed by atoms with Crippen LogP contribution in [-0.4, -0.2) is 43.8 Å². The lowest BCUT2D eigenvalue weighted by molar-refractivity contribution is 0.0547. The summed E-state index contributed by atoms with van der Waals surface area (Å²) in [4.78, 5) is 2.71. The monoisotopic (exact) mass is 300 g/mol. The first-order valence-electron chi connectivity index (χ1n) is 8.78. The Kier molecular flexibility index (Phi) is 3.08. The van der Waals surface area contributed by atoms with E-state index in [-0.39, 0.29) is 0 Å². The number of nitrogens with zero attached hydrogens (tertiary/aromatic N) is 1. The average molecular weight is 300 g/mol. The van der Waals surface area contributed by atoms with Gasteiger partial charge in [0.05, 0.1) is 0 Å². The zero-order valence-corrected chi connectivity index (χ0v) is 13.0. The van der Waals surface area contributed by atoms with E-state index in [1.54, 1.807) is 0 Å². The van der Waals surface area contributed by atoms with E-state index >= 15 is 0 Å². The van der Waals surface area contributed by atoms with Gasteiger partial charge < -0.3 is 14.8 Å². The Bertz CT molecular complexity index is 589. The smallest absolute Gasteiger partial charge is 0.161 e. The molecule has 0 aromatic heterocycles. The van der Waals surface area contributed by atoms with Gasteiger partial charge in [0.15, 0.2) is 11.5 Å². The molecule has 4 heterocycles. The molecule has 22 heavy (non-hydrogen) atoms. The zero-order chi connectivity index (χ0) is 14.5. The fourth-order valence-corrected chi connectivity index (χ4v) is 4.84. The van der Waals surface area contributed by atoms with Crippen molar-refractivity contribution in [2.45, 2.75) is 37.8 Å². The number of hydrogen-bond donors (Lipinski definition) is 1. The summed E-state index contributed by atoms with van der Waals surface area (Å²) < 4.78 is 11.6. The van der Waals surface area contributed by atoms with Crippen molar-refractivity contribution in [1.82, 2.24) is 10.2 Å². The fraction of sp³-hybridized carbons (Fsp3) is 0.667. The van der Waals surface area contributed by atoms with Crippen LogP contribution < -0.4 is 14.8 Å². The number of ether oxygens (including phenoxy) is 2. The SMILES string of the molecule is c1c2c(cc3c1OCCO3)C1CC3NCCCC3CN1CC2. The molecule has 1 N–H and O–H groups in total. The predicted octanol–water partition coefficient (Wildman–Crippen LogP) is 2.13. The van der Waals surface area contributed by atoms with Gasteiger partial charge in [0.2, 0.25) is 0 Å². The van der Waals surface area contributed by atoms with Gasteiger partial charge in [-0.25, -0.2) is 0 Å². The van der Waals surface area contributed by atoms with Gasteiger partial charge in [0.25, 0.3) is 0 Å². The van der Waals surface area contributed by atoms with Crippen LogP contribution in [0.15, 0.2) is 12.1 Å². The van der Waals surface area contributed by atoms with Crippen molar-refractivity contribution in [2.75, 3.05) is 32.8 Å². The molecule has 2 saturated heterocycles. The minimum atomic E-state index is 0.562. The van der Waals surface area contributed by atoms with E-state index in [1.807, 2.05) is 0 Å². The van der Waals surface area contributed by atoms with Crippen LogP contribution in [-0.2, 0) is 6.42 Å². The molecule has 3 unspecified atom stereocenters. The molecular weight excluding hydrogens is 276 g/mol. The van der Waals surface area contributed by atoms with Crippen molar-refractivity contribution in [2.24, 2.45) is 5.92 Å². The van der Waals surface area contributed by atoms with Crippen molar-refractivity contribution in [3.63, 3.8) is 0 Å². The number of piperidine rings is 2. The molecule has 0 amide bonds. The molecule has 0 aliphatic carbocycles. The van der Waals surface area contributed by atoms with E-state index in [0.717, 1.165) is 23.8 Å². The first-order chi connectivity index (χ1) is 10.9. The molecule has 0 saturated carbocycles. The third kappa shape index (κ3) is 2.04. The maximum atomic E-state index is 5.82. The molecular formula is C18H24N2O2.